The molecule has 3 aromatic heterocycles. The average molecular weight is 582 g/mol. The van der Waals surface area contributed by atoms with Gasteiger partial charge in [0.2, 0.25) is 5.91 Å². The number of aryl methyl sites for hydroxylation is 1. The van der Waals surface area contributed by atoms with E-state index in [0.29, 0.717) is 29.5 Å². The summed E-state index contributed by atoms with van der Waals surface area (Å²) in [6.07, 6.45) is 9.36. The molecule has 1 aliphatic heterocycles. The van der Waals surface area contributed by atoms with E-state index in [1.807, 2.05) is 0 Å². The van der Waals surface area contributed by atoms with E-state index in [0.717, 1.165) is 36.4 Å². The molecule has 5 rings (SSSR count). The van der Waals surface area contributed by atoms with Crippen LogP contribution in [0.3, 0.4) is 0 Å². The van der Waals surface area contributed by atoms with Crippen LogP contribution in [0, 0.1) is 12.8 Å². The monoisotopic (exact) mass is 581 g/mol. The number of carbonyl (C=O) groups is 3. The molecule has 41 heavy (non-hydrogen) atoms. The van der Waals surface area contributed by atoms with E-state index in [1.54, 1.807) is 37.4 Å². The van der Waals surface area contributed by atoms with Gasteiger partial charge in [-0.3, -0.25) is 19.4 Å². The number of pyridine rings is 2. The standard InChI is InChI=1S/C29H35N5O6S/c1-19-26-24(12-7-15-31-26)40-27(19)29(37)33-22(17-20-9-3-2-4-10-20)28(36)32-21-11-8-16-34(18-23(21)35)41(38,39)25-13-5-6-14-30-25/h5-7,12-15,20-22H,2-4,8-11,16-18H2,1H3,(H,32,36)(H,33,37)/t21-,22-/m0/s1. The predicted octanol–water partition coefficient (Wildman–Crippen LogP) is 3.14. The molecule has 0 radical (unpaired) electrons. The number of sulfonamides is 1. The van der Waals surface area contributed by atoms with E-state index in [4.69, 9.17) is 4.42 Å². The zero-order valence-corrected chi connectivity index (χ0v) is 23.9. The Morgan fingerprint density at radius 3 is 2.56 bits per heavy atom. The van der Waals surface area contributed by atoms with Crippen LogP contribution in [0.4, 0.5) is 0 Å². The number of fused-ring (bicyclic) bond motifs is 1. The molecule has 218 valence electrons. The molecule has 1 aliphatic carbocycles. The third kappa shape index (κ3) is 6.48. The van der Waals surface area contributed by atoms with Gasteiger partial charge >= 0.3 is 0 Å². The zero-order valence-electron chi connectivity index (χ0n) is 23.0. The first-order valence-electron chi connectivity index (χ1n) is 14.1. The van der Waals surface area contributed by atoms with Crippen molar-refractivity contribution in [2.45, 2.75) is 75.4 Å². The van der Waals surface area contributed by atoms with E-state index in [-0.39, 0.29) is 36.2 Å². The summed E-state index contributed by atoms with van der Waals surface area (Å²) in [5.41, 5.74) is 1.65. The van der Waals surface area contributed by atoms with Gasteiger partial charge in [0.25, 0.3) is 15.9 Å². The largest absolute Gasteiger partial charge is 0.449 e. The number of rotatable bonds is 8. The molecule has 4 heterocycles. The molecular formula is C29H35N5O6S. The summed E-state index contributed by atoms with van der Waals surface area (Å²) >= 11 is 0. The van der Waals surface area contributed by atoms with Crippen LogP contribution in [-0.4, -0.2) is 65.5 Å². The second kappa shape index (κ2) is 12.5. The van der Waals surface area contributed by atoms with Gasteiger partial charge in [-0.1, -0.05) is 38.2 Å². The minimum Gasteiger partial charge on any atom is -0.449 e. The topological polar surface area (TPSA) is 152 Å². The van der Waals surface area contributed by atoms with Gasteiger partial charge in [-0.2, -0.15) is 4.31 Å². The lowest BCUT2D eigenvalue weighted by Gasteiger charge is -2.27. The molecule has 12 heteroatoms. The van der Waals surface area contributed by atoms with E-state index in [9.17, 15) is 22.8 Å². The minimum absolute atomic E-state index is 0.0982. The Bertz CT molecular complexity index is 1520. The molecule has 2 aliphatic rings. The number of nitrogens with one attached hydrogen (secondary N) is 2. The van der Waals surface area contributed by atoms with Crippen LogP contribution >= 0.6 is 0 Å². The third-order valence-corrected chi connectivity index (χ3v) is 9.74. The summed E-state index contributed by atoms with van der Waals surface area (Å²) in [6, 6.07) is 6.29. The number of aromatic nitrogens is 2. The summed E-state index contributed by atoms with van der Waals surface area (Å²) in [7, 11) is -3.95. The van der Waals surface area contributed by atoms with Crippen molar-refractivity contribution >= 4 is 38.7 Å². The Morgan fingerprint density at radius 1 is 1.05 bits per heavy atom. The second-order valence-corrected chi connectivity index (χ2v) is 12.7. The van der Waals surface area contributed by atoms with Crippen LogP contribution < -0.4 is 10.6 Å². The fourth-order valence-electron chi connectivity index (χ4n) is 5.73. The lowest BCUT2D eigenvalue weighted by atomic mass is 9.84. The number of nitrogens with zero attached hydrogens (tertiary/aromatic N) is 3. The first kappa shape index (κ1) is 28.9. The second-order valence-electron chi connectivity index (χ2n) is 10.8. The molecule has 11 nitrogen and oxygen atoms in total. The number of Topliss-reactive ketones (excluding diaryl/α,β-unsaturated/α-hetero) is 1. The number of carbonyl (C=O) groups excluding carboxylic acids is 3. The first-order valence-corrected chi connectivity index (χ1v) is 15.6. The van der Waals surface area contributed by atoms with Gasteiger partial charge in [-0.05, 0) is 56.4 Å². The highest BCUT2D eigenvalue weighted by atomic mass is 32.2. The van der Waals surface area contributed by atoms with Crippen molar-refractivity contribution in [3.05, 3.63) is 54.0 Å². The Kier molecular flexibility index (Phi) is 8.79. The highest BCUT2D eigenvalue weighted by molar-refractivity contribution is 7.89. The fourth-order valence-corrected chi connectivity index (χ4v) is 7.11. The lowest BCUT2D eigenvalue weighted by molar-refractivity contribution is -0.129. The third-order valence-electron chi connectivity index (χ3n) is 7.98. The highest BCUT2D eigenvalue weighted by Gasteiger charge is 2.35. The molecule has 0 unspecified atom stereocenters. The lowest BCUT2D eigenvalue weighted by Crippen LogP contribution is -2.53. The maximum Gasteiger partial charge on any atom is 0.288 e. The van der Waals surface area contributed by atoms with Crippen LogP contribution in [0.5, 0.6) is 0 Å². The van der Waals surface area contributed by atoms with E-state index in [2.05, 4.69) is 20.6 Å². The highest BCUT2D eigenvalue weighted by Crippen LogP contribution is 2.28. The molecule has 0 bridgehead atoms. The van der Waals surface area contributed by atoms with Gasteiger partial charge in [0.05, 0.1) is 12.6 Å². The molecular weight excluding hydrogens is 546 g/mol. The Balaban J connectivity index is 1.30. The SMILES string of the molecule is Cc1c(C(=O)N[C@@H](CC2CCCCC2)C(=O)N[C@H]2CCCN(S(=O)(=O)c3ccccn3)CC2=O)oc2cccnc12. The van der Waals surface area contributed by atoms with Gasteiger partial charge in [0.15, 0.2) is 22.2 Å². The van der Waals surface area contributed by atoms with Crippen LogP contribution in [-0.2, 0) is 19.6 Å². The van der Waals surface area contributed by atoms with Crippen LogP contribution in [0.15, 0.2) is 52.2 Å². The van der Waals surface area contributed by atoms with Crippen LogP contribution in [0.25, 0.3) is 11.1 Å². The molecule has 3 aromatic rings. The van der Waals surface area contributed by atoms with E-state index in [1.165, 1.54) is 12.3 Å². The quantitative estimate of drug-likeness (QED) is 0.412. The van der Waals surface area contributed by atoms with Crippen molar-refractivity contribution in [2.75, 3.05) is 13.1 Å². The summed E-state index contributed by atoms with van der Waals surface area (Å²) in [4.78, 5) is 48.3. The maximum atomic E-state index is 13.6. The van der Waals surface area contributed by atoms with Gasteiger partial charge in [0.1, 0.15) is 11.6 Å². The van der Waals surface area contributed by atoms with E-state index >= 15 is 0 Å². The summed E-state index contributed by atoms with van der Waals surface area (Å²) in [6.45, 7) is 1.52. The molecule has 0 aromatic carbocycles. The van der Waals surface area contributed by atoms with Crippen molar-refractivity contribution in [2.24, 2.45) is 5.92 Å². The molecule has 2 atom stereocenters. The summed E-state index contributed by atoms with van der Waals surface area (Å²) in [5.74, 6) is -1.02. The molecule has 1 saturated carbocycles. The van der Waals surface area contributed by atoms with Crippen LogP contribution in [0.2, 0.25) is 0 Å². The number of hydrogen-bond acceptors (Lipinski definition) is 8. The van der Waals surface area contributed by atoms with Crippen molar-refractivity contribution in [3.8, 4) is 0 Å². The minimum atomic E-state index is -3.95. The Morgan fingerprint density at radius 2 is 1.83 bits per heavy atom. The maximum absolute atomic E-state index is 13.6. The normalized spacial score (nSPS) is 19.9. The number of amides is 2. The van der Waals surface area contributed by atoms with Crippen molar-refractivity contribution in [3.63, 3.8) is 0 Å². The predicted molar refractivity (Wildman–Crippen MR) is 150 cm³/mol. The van der Waals surface area contributed by atoms with Crippen molar-refractivity contribution < 1.29 is 27.2 Å². The fraction of sp³-hybridized carbons (Fsp3) is 0.483. The summed E-state index contributed by atoms with van der Waals surface area (Å²) in [5, 5.41) is 5.56. The Hall–Kier alpha value is -3.64. The molecule has 2 amide bonds. The number of furan rings is 1. The van der Waals surface area contributed by atoms with Crippen LogP contribution in [0.1, 0.15) is 67.5 Å². The van der Waals surface area contributed by atoms with E-state index < -0.39 is 39.7 Å². The average Bonchev–Trinajstić information content (AvgIpc) is 3.21. The van der Waals surface area contributed by atoms with Gasteiger partial charge in [0, 0.05) is 24.5 Å². The van der Waals surface area contributed by atoms with Gasteiger partial charge in [-0.15, -0.1) is 0 Å². The van der Waals surface area contributed by atoms with Crippen molar-refractivity contribution in [1.82, 2.24) is 24.9 Å². The number of hydrogen-bond donors (Lipinski definition) is 2. The van der Waals surface area contributed by atoms with Gasteiger partial charge < -0.3 is 15.1 Å². The molecule has 2 N–H and O–H groups in total. The Labute approximate surface area is 239 Å². The molecule has 0 spiro atoms. The molecule has 2 fully saturated rings. The summed E-state index contributed by atoms with van der Waals surface area (Å²) < 4.78 is 33.0. The van der Waals surface area contributed by atoms with Gasteiger partial charge in [-0.25, -0.2) is 13.4 Å². The molecule has 1 saturated heterocycles. The smallest absolute Gasteiger partial charge is 0.288 e. The zero-order chi connectivity index (χ0) is 29.0. The number of ketones is 1. The van der Waals surface area contributed by atoms with Crippen molar-refractivity contribution in [1.29, 1.82) is 0 Å². The first-order chi connectivity index (χ1) is 19.7.